The third-order valence-electron chi connectivity index (χ3n) is 1.51. The van der Waals surface area contributed by atoms with Crippen LogP contribution in [-0.4, -0.2) is 11.2 Å². The van der Waals surface area contributed by atoms with Crippen molar-refractivity contribution in [2.24, 2.45) is 0 Å². The van der Waals surface area contributed by atoms with Crippen molar-refractivity contribution < 1.29 is 5.11 Å². The minimum absolute atomic E-state index is 0.258. The van der Waals surface area contributed by atoms with E-state index in [2.05, 4.69) is 12.6 Å². The van der Waals surface area contributed by atoms with Crippen molar-refractivity contribution in [2.45, 2.75) is 38.2 Å². The fourth-order valence-electron chi connectivity index (χ4n) is 0.894. The highest BCUT2D eigenvalue weighted by Crippen LogP contribution is 2.05. The van der Waals surface area contributed by atoms with Crippen LogP contribution in [0.3, 0.4) is 0 Å². The van der Waals surface area contributed by atoms with Gasteiger partial charge in [0.05, 0.1) is 12.2 Å². The maximum Gasteiger partial charge on any atom is 0.0621 e. The van der Waals surface area contributed by atoms with E-state index in [0.29, 0.717) is 12.8 Å². The molecule has 1 atom stereocenters. The molecule has 0 spiro atoms. The Hall–Kier alpha value is -0.810. The molecule has 0 fully saturated rings. The zero-order valence-electron chi connectivity index (χ0n) is 6.79. The van der Waals surface area contributed by atoms with E-state index in [1.165, 1.54) is 0 Å². The van der Waals surface area contributed by atoms with E-state index in [4.69, 9.17) is 5.26 Å². The molecule has 0 radical (unpaired) electrons. The standard InChI is InChI=1S/C9H15NO/c1-2-6-9(11)7-4-3-5-8-10/h2,9,11H,1,3-7H2/t9-/m0/s1. The van der Waals surface area contributed by atoms with Gasteiger partial charge in [0, 0.05) is 6.42 Å². The predicted octanol–water partition coefficient (Wildman–Crippen LogP) is 2.01. The minimum atomic E-state index is -0.258. The summed E-state index contributed by atoms with van der Waals surface area (Å²) in [5.74, 6) is 0. The van der Waals surface area contributed by atoms with E-state index in [1.54, 1.807) is 6.08 Å². The fraction of sp³-hybridized carbons (Fsp3) is 0.667. The Morgan fingerprint density at radius 1 is 1.55 bits per heavy atom. The zero-order chi connectivity index (χ0) is 8.53. The van der Waals surface area contributed by atoms with Gasteiger partial charge in [-0.2, -0.15) is 5.26 Å². The van der Waals surface area contributed by atoms with Crippen molar-refractivity contribution in [2.75, 3.05) is 0 Å². The van der Waals surface area contributed by atoms with E-state index >= 15 is 0 Å². The van der Waals surface area contributed by atoms with E-state index in [0.717, 1.165) is 19.3 Å². The lowest BCUT2D eigenvalue weighted by Gasteiger charge is -2.05. The van der Waals surface area contributed by atoms with Crippen LogP contribution in [0.5, 0.6) is 0 Å². The molecule has 0 aliphatic carbocycles. The summed E-state index contributed by atoms with van der Waals surface area (Å²) in [6.07, 6.45) is 5.33. The molecule has 0 rings (SSSR count). The Balaban J connectivity index is 3.11. The highest BCUT2D eigenvalue weighted by molar-refractivity contribution is 4.73. The summed E-state index contributed by atoms with van der Waals surface area (Å²) in [6.45, 7) is 3.53. The smallest absolute Gasteiger partial charge is 0.0621 e. The van der Waals surface area contributed by atoms with Gasteiger partial charge in [-0.15, -0.1) is 6.58 Å². The van der Waals surface area contributed by atoms with Crippen molar-refractivity contribution in [3.8, 4) is 6.07 Å². The van der Waals surface area contributed by atoms with Gasteiger partial charge in [-0.05, 0) is 25.7 Å². The van der Waals surface area contributed by atoms with Crippen molar-refractivity contribution in [1.82, 2.24) is 0 Å². The summed E-state index contributed by atoms with van der Waals surface area (Å²) in [4.78, 5) is 0. The Morgan fingerprint density at radius 2 is 2.27 bits per heavy atom. The minimum Gasteiger partial charge on any atom is -0.393 e. The van der Waals surface area contributed by atoms with Gasteiger partial charge >= 0.3 is 0 Å². The molecule has 0 heterocycles. The second kappa shape index (κ2) is 7.30. The highest BCUT2D eigenvalue weighted by Gasteiger charge is 1.99. The molecule has 2 nitrogen and oxygen atoms in total. The molecule has 0 aliphatic heterocycles. The Bertz CT molecular complexity index is 137. The maximum absolute atomic E-state index is 9.19. The number of aliphatic hydroxyl groups excluding tert-OH is 1. The van der Waals surface area contributed by atoms with Gasteiger partial charge in [0.15, 0.2) is 0 Å². The molecule has 1 N–H and O–H groups in total. The van der Waals surface area contributed by atoms with Crippen LogP contribution < -0.4 is 0 Å². The van der Waals surface area contributed by atoms with Gasteiger partial charge in [0.1, 0.15) is 0 Å². The lowest BCUT2D eigenvalue weighted by Crippen LogP contribution is -2.03. The topological polar surface area (TPSA) is 44.0 Å². The number of hydrogen-bond donors (Lipinski definition) is 1. The lowest BCUT2D eigenvalue weighted by atomic mass is 10.1. The second-order valence-electron chi connectivity index (χ2n) is 2.58. The molecule has 0 aromatic rings. The van der Waals surface area contributed by atoms with Gasteiger partial charge in [0.2, 0.25) is 0 Å². The number of nitrogens with zero attached hydrogens (tertiary/aromatic N) is 1. The molecule has 0 saturated carbocycles. The largest absolute Gasteiger partial charge is 0.393 e. The van der Waals surface area contributed by atoms with Crippen LogP contribution >= 0.6 is 0 Å². The predicted molar refractivity (Wildman–Crippen MR) is 44.9 cm³/mol. The van der Waals surface area contributed by atoms with Crippen LogP contribution in [0.15, 0.2) is 12.7 Å². The van der Waals surface area contributed by atoms with Crippen molar-refractivity contribution >= 4 is 0 Å². The number of rotatable bonds is 6. The quantitative estimate of drug-likeness (QED) is 0.468. The fourth-order valence-corrected chi connectivity index (χ4v) is 0.894. The van der Waals surface area contributed by atoms with Gasteiger partial charge in [-0.1, -0.05) is 6.08 Å². The number of hydrogen-bond acceptors (Lipinski definition) is 2. The first-order chi connectivity index (χ1) is 5.31. The Labute approximate surface area is 68.2 Å². The zero-order valence-corrected chi connectivity index (χ0v) is 6.79. The molecule has 11 heavy (non-hydrogen) atoms. The van der Waals surface area contributed by atoms with Crippen molar-refractivity contribution in [3.05, 3.63) is 12.7 Å². The molecule has 0 saturated heterocycles. The molecule has 2 heteroatoms. The molecule has 62 valence electrons. The van der Waals surface area contributed by atoms with Crippen LogP contribution in [0.4, 0.5) is 0 Å². The summed E-state index contributed by atoms with van der Waals surface area (Å²) >= 11 is 0. The van der Waals surface area contributed by atoms with Crippen LogP contribution in [0.1, 0.15) is 32.1 Å². The second-order valence-corrected chi connectivity index (χ2v) is 2.58. The van der Waals surface area contributed by atoms with Gasteiger partial charge in [-0.25, -0.2) is 0 Å². The van der Waals surface area contributed by atoms with Crippen LogP contribution in [-0.2, 0) is 0 Å². The summed E-state index contributed by atoms with van der Waals surface area (Å²) < 4.78 is 0. The molecule has 0 bridgehead atoms. The number of unbranched alkanes of at least 4 members (excludes halogenated alkanes) is 2. The normalized spacial score (nSPS) is 12.0. The average Bonchev–Trinajstić information content (AvgIpc) is 1.99. The summed E-state index contributed by atoms with van der Waals surface area (Å²) in [6, 6.07) is 2.07. The Kier molecular flexibility index (Phi) is 6.76. The summed E-state index contributed by atoms with van der Waals surface area (Å²) in [7, 11) is 0. The highest BCUT2D eigenvalue weighted by atomic mass is 16.3. The number of nitriles is 1. The van der Waals surface area contributed by atoms with E-state index < -0.39 is 0 Å². The lowest BCUT2D eigenvalue weighted by molar-refractivity contribution is 0.164. The number of aliphatic hydroxyl groups is 1. The van der Waals surface area contributed by atoms with Crippen LogP contribution in [0.2, 0.25) is 0 Å². The van der Waals surface area contributed by atoms with Crippen LogP contribution in [0, 0.1) is 11.3 Å². The van der Waals surface area contributed by atoms with Crippen LogP contribution in [0.25, 0.3) is 0 Å². The van der Waals surface area contributed by atoms with Crippen molar-refractivity contribution in [3.63, 3.8) is 0 Å². The van der Waals surface area contributed by atoms with E-state index in [9.17, 15) is 5.11 Å². The SMILES string of the molecule is C=CC[C@H](O)CCCCC#N. The third kappa shape index (κ3) is 7.08. The molecule has 0 amide bonds. The first-order valence-corrected chi connectivity index (χ1v) is 3.97. The van der Waals surface area contributed by atoms with E-state index in [1.807, 2.05) is 0 Å². The summed E-state index contributed by atoms with van der Waals surface area (Å²) in [5, 5.41) is 17.4. The van der Waals surface area contributed by atoms with Gasteiger partial charge in [0.25, 0.3) is 0 Å². The molecule has 0 aliphatic rings. The van der Waals surface area contributed by atoms with Gasteiger partial charge in [-0.3, -0.25) is 0 Å². The monoisotopic (exact) mass is 153 g/mol. The van der Waals surface area contributed by atoms with E-state index in [-0.39, 0.29) is 6.10 Å². The summed E-state index contributed by atoms with van der Waals surface area (Å²) in [5.41, 5.74) is 0. The first kappa shape index (κ1) is 10.2. The maximum atomic E-state index is 9.19. The first-order valence-electron chi connectivity index (χ1n) is 3.97. The molecular weight excluding hydrogens is 138 g/mol. The molecule has 0 unspecified atom stereocenters. The van der Waals surface area contributed by atoms with Crippen molar-refractivity contribution in [1.29, 1.82) is 5.26 Å². The average molecular weight is 153 g/mol. The molecule has 0 aromatic carbocycles. The van der Waals surface area contributed by atoms with Gasteiger partial charge < -0.3 is 5.11 Å². The third-order valence-corrected chi connectivity index (χ3v) is 1.51. The molecular formula is C9H15NO. The Morgan fingerprint density at radius 3 is 2.82 bits per heavy atom. The molecule has 0 aromatic heterocycles.